The molecule has 1 aliphatic heterocycles. The fourth-order valence-electron chi connectivity index (χ4n) is 5.63. The molecule has 176 valence electrons. The van der Waals surface area contributed by atoms with Crippen molar-refractivity contribution >= 4 is 28.3 Å². The molecule has 1 unspecified atom stereocenters. The van der Waals surface area contributed by atoms with Gasteiger partial charge in [-0.25, -0.2) is 18.3 Å². The second kappa shape index (κ2) is 8.03. The Kier molecular flexibility index (Phi) is 5.11. The molecule has 0 aromatic carbocycles. The SMILES string of the molecule is Cc1nsc(N2C[C@H]3CC[C@@H](C2)[C@@H]3Nc2nc3c(OCC4CCC(F)(F)C4)cccn3n2)n1. The summed E-state index contributed by atoms with van der Waals surface area (Å²) in [7, 11) is 0. The Balaban J connectivity index is 1.14. The van der Waals surface area contributed by atoms with Gasteiger partial charge in [-0.15, -0.1) is 5.10 Å². The summed E-state index contributed by atoms with van der Waals surface area (Å²) in [5.74, 6) is 0.307. The van der Waals surface area contributed by atoms with Crippen LogP contribution >= 0.6 is 11.5 Å². The van der Waals surface area contributed by atoms with Gasteiger partial charge >= 0.3 is 0 Å². The van der Waals surface area contributed by atoms with E-state index in [1.165, 1.54) is 24.4 Å². The Labute approximate surface area is 194 Å². The van der Waals surface area contributed by atoms with Crippen LogP contribution < -0.4 is 15.0 Å². The molecular weight excluding hydrogens is 448 g/mol. The molecule has 0 amide bonds. The monoisotopic (exact) mass is 475 g/mol. The Hall–Kier alpha value is -2.56. The molecule has 33 heavy (non-hydrogen) atoms. The van der Waals surface area contributed by atoms with E-state index >= 15 is 0 Å². The van der Waals surface area contributed by atoms with E-state index < -0.39 is 5.92 Å². The number of aromatic nitrogens is 5. The van der Waals surface area contributed by atoms with Gasteiger partial charge in [-0.2, -0.15) is 9.36 Å². The number of aryl methyl sites for hydroxylation is 1. The zero-order valence-electron chi connectivity index (χ0n) is 18.5. The van der Waals surface area contributed by atoms with Crippen molar-refractivity contribution in [3.8, 4) is 5.75 Å². The van der Waals surface area contributed by atoms with Crippen molar-refractivity contribution in [2.45, 2.75) is 51.0 Å². The Morgan fingerprint density at radius 1 is 1.21 bits per heavy atom. The molecule has 3 aromatic heterocycles. The lowest BCUT2D eigenvalue weighted by Crippen LogP contribution is -2.48. The molecule has 2 bridgehead atoms. The van der Waals surface area contributed by atoms with Crippen molar-refractivity contribution in [2.24, 2.45) is 17.8 Å². The highest BCUT2D eigenvalue weighted by molar-refractivity contribution is 7.09. The number of alkyl halides is 2. The van der Waals surface area contributed by atoms with Crippen molar-refractivity contribution in [2.75, 3.05) is 29.9 Å². The summed E-state index contributed by atoms with van der Waals surface area (Å²) in [6, 6.07) is 3.99. The third-order valence-corrected chi connectivity index (χ3v) is 8.09. The molecule has 0 radical (unpaired) electrons. The lowest BCUT2D eigenvalue weighted by Gasteiger charge is -2.37. The van der Waals surface area contributed by atoms with Crippen LogP contribution in [-0.2, 0) is 0 Å². The first-order valence-corrected chi connectivity index (χ1v) is 12.4. The number of nitrogens with zero attached hydrogens (tertiary/aromatic N) is 6. The number of rotatable bonds is 6. The van der Waals surface area contributed by atoms with Gasteiger partial charge in [0.15, 0.2) is 11.4 Å². The predicted octanol–water partition coefficient (Wildman–Crippen LogP) is 4.03. The molecular formula is C22H27F2N7OS. The van der Waals surface area contributed by atoms with Crippen LogP contribution in [0.15, 0.2) is 18.3 Å². The maximum absolute atomic E-state index is 13.5. The van der Waals surface area contributed by atoms with Crippen LogP contribution in [0, 0.1) is 24.7 Å². The minimum atomic E-state index is -2.56. The smallest absolute Gasteiger partial charge is 0.248 e. The van der Waals surface area contributed by atoms with Gasteiger partial charge in [-0.1, -0.05) is 0 Å². The second-order valence-corrected chi connectivity index (χ2v) is 10.4. The third kappa shape index (κ3) is 4.11. The number of piperidine rings is 1. The highest BCUT2D eigenvalue weighted by atomic mass is 32.1. The maximum Gasteiger partial charge on any atom is 0.248 e. The number of hydrogen-bond acceptors (Lipinski definition) is 8. The Morgan fingerprint density at radius 2 is 2.03 bits per heavy atom. The van der Waals surface area contributed by atoms with E-state index in [0.29, 0.717) is 41.6 Å². The molecule has 4 atom stereocenters. The van der Waals surface area contributed by atoms with Crippen LogP contribution in [0.3, 0.4) is 0 Å². The Bertz CT molecular complexity index is 1140. The summed E-state index contributed by atoms with van der Waals surface area (Å²) in [5, 5.41) is 9.21. The standard InChI is InChI=1S/C22H27F2N7OS/c1-13-25-21(33-29-13)30-10-15-4-5-16(11-30)18(15)26-20-27-19-17(3-2-8-31(19)28-20)32-12-14-6-7-22(23,24)9-14/h2-3,8,14-16,18H,4-7,9-12H2,1H3,(H,26,28)/t14?,15-,16+,18-. The largest absolute Gasteiger partial charge is 0.489 e. The fourth-order valence-corrected chi connectivity index (χ4v) is 6.32. The quantitative estimate of drug-likeness (QED) is 0.577. The van der Waals surface area contributed by atoms with E-state index in [1.807, 2.05) is 25.3 Å². The van der Waals surface area contributed by atoms with Crippen molar-refractivity contribution < 1.29 is 13.5 Å². The highest BCUT2D eigenvalue weighted by Gasteiger charge is 2.43. The van der Waals surface area contributed by atoms with E-state index in [4.69, 9.17) is 9.72 Å². The highest BCUT2D eigenvalue weighted by Crippen LogP contribution is 2.41. The number of nitrogens with one attached hydrogen (secondary N) is 1. The molecule has 2 saturated carbocycles. The average Bonchev–Trinajstić information content (AvgIpc) is 3.53. The fraction of sp³-hybridized carbons (Fsp3) is 0.636. The van der Waals surface area contributed by atoms with Gasteiger partial charge in [-0.05, 0) is 56.1 Å². The summed E-state index contributed by atoms with van der Waals surface area (Å²) in [6.07, 6.45) is 4.51. The van der Waals surface area contributed by atoms with Crippen molar-refractivity contribution in [3.05, 3.63) is 24.2 Å². The topological polar surface area (TPSA) is 80.5 Å². The van der Waals surface area contributed by atoms with Crippen molar-refractivity contribution in [1.29, 1.82) is 0 Å². The van der Waals surface area contributed by atoms with Crippen LogP contribution in [0.1, 0.15) is 37.9 Å². The molecule has 2 aliphatic carbocycles. The van der Waals surface area contributed by atoms with Crippen LogP contribution in [0.25, 0.3) is 5.65 Å². The van der Waals surface area contributed by atoms with E-state index in [0.717, 1.165) is 24.0 Å². The molecule has 11 heteroatoms. The number of pyridine rings is 1. The lowest BCUT2D eigenvalue weighted by molar-refractivity contribution is 0.00294. The van der Waals surface area contributed by atoms with E-state index in [1.54, 1.807) is 4.52 Å². The summed E-state index contributed by atoms with van der Waals surface area (Å²) >= 11 is 1.47. The van der Waals surface area contributed by atoms with Crippen LogP contribution in [0.2, 0.25) is 0 Å². The number of anilines is 2. The summed E-state index contributed by atoms with van der Waals surface area (Å²) in [6.45, 7) is 4.12. The minimum absolute atomic E-state index is 0.0515. The summed E-state index contributed by atoms with van der Waals surface area (Å²) in [4.78, 5) is 11.6. The van der Waals surface area contributed by atoms with Gasteiger partial charge < -0.3 is 15.0 Å². The molecule has 3 aromatic rings. The van der Waals surface area contributed by atoms with Gasteiger partial charge in [0.05, 0.1) is 6.61 Å². The van der Waals surface area contributed by atoms with Crippen LogP contribution in [0.5, 0.6) is 5.75 Å². The molecule has 6 rings (SSSR count). The molecule has 1 N–H and O–H groups in total. The molecule has 3 aliphatic rings. The van der Waals surface area contributed by atoms with Gasteiger partial charge in [0.25, 0.3) is 0 Å². The van der Waals surface area contributed by atoms with Crippen LogP contribution in [-0.4, -0.2) is 55.6 Å². The summed E-state index contributed by atoms with van der Waals surface area (Å²) < 4.78 is 38.9. The molecule has 8 nitrogen and oxygen atoms in total. The average molecular weight is 476 g/mol. The van der Waals surface area contributed by atoms with Gasteiger partial charge in [-0.3, -0.25) is 0 Å². The van der Waals surface area contributed by atoms with Crippen LogP contribution in [0.4, 0.5) is 19.9 Å². The molecule has 0 spiro atoms. The normalized spacial score (nSPS) is 28.5. The first-order valence-electron chi connectivity index (χ1n) is 11.6. The molecule has 3 fully saturated rings. The van der Waals surface area contributed by atoms with Crippen molar-refractivity contribution in [1.82, 2.24) is 24.0 Å². The second-order valence-electron chi connectivity index (χ2n) is 9.65. The van der Waals surface area contributed by atoms with E-state index in [2.05, 4.69) is 24.7 Å². The lowest BCUT2D eigenvalue weighted by atomic mass is 9.92. The summed E-state index contributed by atoms with van der Waals surface area (Å²) in [5.41, 5.74) is 0.610. The van der Waals surface area contributed by atoms with Gasteiger partial charge in [0.2, 0.25) is 17.0 Å². The number of hydrogen-bond donors (Lipinski definition) is 1. The third-order valence-electron chi connectivity index (χ3n) is 7.22. The number of fused-ring (bicyclic) bond motifs is 3. The zero-order chi connectivity index (χ0) is 22.6. The van der Waals surface area contributed by atoms with Gasteiger partial charge in [0.1, 0.15) is 5.82 Å². The Morgan fingerprint density at radius 3 is 2.73 bits per heavy atom. The molecule has 4 heterocycles. The molecule has 1 saturated heterocycles. The predicted molar refractivity (Wildman–Crippen MR) is 121 cm³/mol. The maximum atomic E-state index is 13.5. The number of halogens is 2. The van der Waals surface area contributed by atoms with Crippen molar-refractivity contribution in [3.63, 3.8) is 0 Å². The minimum Gasteiger partial charge on any atom is -0.489 e. The van der Waals surface area contributed by atoms with E-state index in [-0.39, 0.29) is 25.4 Å². The first kappa shape index (κ1) is 21.0. The van der Waals surface area contributed by atoms with E-state index in [9.17, 15) is 8.78 Å². The first-order chi connectivity index (χ1) is 15.9. The zero-order valence-corrected chi connectivity index (χ0v) is 19.3. The number of ether oxygens (including phenoxy) is 1. The van der Waals surface area contributed by atoms with Gasteiger partial charge in [0, 0.05) is 49.7 Å².